The number of aliphatic hydroxyl groups excluding tert-OH is 1. The highest BCUT2D eigenvalue weighted by Gasteiger charge is 2.47. The van der Waals surface area contributed by atoms with Gasteiger partial charge in [0.25, 0.3) is 11.7 Å². The molecular formula is C25H19ClFNO4. The first-order valence-corrected chi connectivity index (χ1v) is 10.3. The topological polar surface area (TPSA) is 66.8 Å². The van der Waals surface area contributed by atoms with E-state index in [4.69, 9.17) is 16.3 Å². The second kappa shape index (κ2) is 8.85. The quantitative estimate of drug-likeness (QED) is 0.316. The number of para-hydroxylation sites is 1. The number of Topliss-reactive ketones (excluding diaryl/α,β-unsaturated/α-hetero) is 1. The zero-order valence-electron chi connectivity index (χ0n) is 17.1. The molecule has 0 saturated carbocycles. The zero-order valence-corrected chi connectivity index (χ0v) is 17.8. The Morgan fingerprint density at radius 3 is 2.41 bits per heavy atom. The van der Waals surface area contributed by atoms with Gasteiger partial charge in [-0.3, -0.25) is 14.5 Å². The van der Waals surface area contributed by atoms with Gasteiger partial charge in [0.1, 0.15) is 17.3 Å². The summed E-state index contributed by atoms with van der Waals surface area (Å²) in [4.78, 5) is 27.5. The average molecular weight is 452 g/mol. The summed E-state index contributed by atoms with van der Waals surface area (Å²) in [5.74, 6) is -2.10. The van der Waals surface area contributed by atoms with Gasteiger partial charge in [-0.15, -0.1) is 0 Å². The zero-order chi connectivity index (χ0) is 22.8. The predicted octanol–water partition coefficient (Wildman–Crippen LogP) is 5.50. The Bertz CT molecular complexity index is 1210. The van der Waals surface area contributed by atoms with Crippen LogP contribution in [0.1, 0.15) is 24.1 Å². The van der Waals surface area contributed by atoms with Gasteiger partial charge in [0, 0.05) is 11.3 Å². The highest BCUT2D eigenvalue weighted by molar-refractivity contribution is 6.52. The summed E-state index contributed by atoms with van der Waals surface area (Å²) in [6.45, 7) is 2.21. The van der Waals surface area contributed by atoms with Gasteiger partial charge in [0.05, 0.1) is 23.2 Å². The number of ketones is 1. The van der Waals surface area contributed by atoms with Crippen molar-refractivity contribution in [2.45, 2.75) is 13.0 Å². The molecule has 0 aliphatic carbocycles. The smallest absolute Gasteiger partial charge is 0.300 e. The number of amides is 1. The van der Waals surface area contributed by atoms with E-state index in [1.54, 1.807) is 42.5 Å². The molecule has 7 heteroatoms. The molecular weight excluding hydrogens is 433 g/mol. The molecule has 0 aromatic heterocycles. The number of carbonyl (C=O) groups is 2. The molecule has 1 unspecified atom stereocenters. The van der Waals surface area contributed by atoms with Crippen molar-refractivity contribution in [2.24, 2.45) is 0 Å². The maximum Gasteiger partial charge on any atom is 0.300 e. The molecule has 4 rings (SSSR count). The van der Waals surface area contributed by atoms with E-state index in [0.29, 0.717) is 23.6 Å². The van der Waals surface area contributed by atoms with Crippen LogP contribution in [0.4, 0.5) is 10.1 Å². The van der Waals surface area contributed by atoms with Crippen molar-refractivity contribution in [2.75, 3.05) is 11.5 Å². The van der Waals surface area contributed by atoms with Crippen LogP contribution in [-0.2, 0) is 9.59 Å². The van der Waals surface area contributed by atoms with E-state index < -0.39 is 29.3 Å². The molecule has 0 bridgehead atoms. The number of halogens is 2. The summed E-state index contributed by atoms with van der Waals surface area (Å²) in [7, 11) is 0. The van der Waals surface area contributed by atoms with Crippen molar-refractivity contribution in [3.63, 3.8) is 0 Å². The lowest BCUT2D eigenvalue weighted by Gasteiger charge is -2.25. The second-order valence-corrected chi connectivity index (χ2v) is 7.54. The third-order valence-electron chi connectivity index (χ3n) is 5.17. The van der Waals surface area contributed by atoms with E-state index in [9.17, 15) is 19.1 Å². The molecule has 3 aromatic rings. The van der Waals surface area contributed by atoms with E-state index in [0.717, 1.165) is 0 Å². The Hall–Kier alpha value is -3.64. The largest absolute Gasteiger partial charge is 0.507 e. The Balaban J connectivity index is 1.95. The Kier molecular flexibility index (Phi) is 5.97. The number of aliphatic hydroxyl groups is 1. The number of hydrogen-bond acceptors (Lipinski definition) is 4. The van der Waals surface area contributed by atoms with Gasteiger partial charge >= 0.3 is 0 Å². The fraction of sp³-hybridized carbons (Fsp3) is 0.120. The average Bonchev–Trinajstić information content (AvgIpc) is 3.06. The summed E-state index contributed by atoms with van der Waals surface area (Å²) < 4.78 is 19.1. The van der Waals surface area contributed by atoms with Crippen LogP contribution in [0.5, 0.6) is 5.75 Å². The van der Waals surface area contributed by atoms with Crippen LogP contribution in [0.15, 0.2) is 78.4 Å². The first-order valence-electron chi connectivity index (χ1n) is 9.96. The number of anilines is 1. The molecule has 32 heavy (non-hydrogen) atoms. The number of rotatable bonds is 5. The Morgan fingerprint density at radius 1 is 1.06 bits per heavy atom. The Morgan fingerprint density at radius 2 is 1.75 bits per heavy atom. The highest BCUT2D eigenvalue weighted by atomic mass is 35.5. The van der Waals surface area contributed by atoms with Crippen molar-refractivity contribution in [3.05, 3.63) is 100 Å². The fourth-order valence-corrected chi connectivity index (χ4v) is 3.94. The van der Waals surface area contributed by atoms with Gasteiger partial charge in [0.2, 0.25) is 0 Å². The molecule has 162 valence electrons. The molecule has 1 fully saturated rings. The van der Waals surface area contributed by atoms with E-state index >= 15 is 0 Å². The van der Waals surface area contributed by atoms with Gasteiger partial charge in [0.15, 0.2) is 0 Å². The second-order valence-electron chi connectivity index (χ2n) is 7.13. The maximum atomic E-state index is 13.6. The number of benzene rings is 3. The third kappa shape index (κ3) is 3.85. The fourth-order valence-electron chi connectivity index (χ4n) is 3.74. The van der Waals surface area contributed by atoms with Crippen molar-refractivity contribution in [1.82, 2.24) is 0 Å². The van der Waals surface area contributed by atoms with Crippen LogP contribution in [-0.4, -0.2) is 23.4 Å². The van der Waals surface area contributed by atoms with E-state index in [1.807, 2.05) is 6.92 Å². The minimum atomic E-state index is -0.968. The molecule has 5 nitrogen and oxygen atoms in total. The van der Waals surface area contributed by atoms with Crippen LogP contribution in [0, 0.1) is 5.82 Å². The lowest BCUT2D eigenvalue weighted by atomic mass is 9.95. The summed E-state index contributed by atoms with van der Waals surface area (Å²) in [5, 5.41) is 11.4. The molecule has 0 spiro atoms. The highest BCUT2D eigenvalue weighted by Crippen LogP contribution is 2.43. The molecule has 3 aromatic carbocycles. The van der Waals surface area contributed by atoms with Crippen LogP contribution in [0.25, 0.3) is 5.76 Å². The number of ether oxygens (including phenoxy) is 1. The van der Waals surface area contributed by atoms with Crippen LogP contribution >= 0.6 is 11.6 Å². The van der Waals surface area contributed by atoms with Crippen LogP contribution in [0.2, 0.25) is 5.02 Å². The number of nitrogens with zero attached hydrogens (tertiary/aromatic N) is 1. The predicted molar refractivity (Wildman–Crippen MR) is 120 cm³/mol. The molecule has 1 atom stereocenters. The molecule has 1 amide bonds. The molecule has 0 radical (unpaired) electrons. The lowest BCUT2D eigenvalue weighted by Crippen LogP contribution is -2.29. The first kappa shape index (κ1) is 21.6. The van der Waals surface area contributed by atoms with Gasteiger partial charge in [-0.25, -0.2) is 4.39 Å². The SMILES string of the molecule is CCOc1ccc(Cl)c(/C(O)=C2\C(=O)C(=O)N(c3ccccc3)C2c2ccc(F)cc2)c1. The van der Waals surface area contributed by atoms with E-state index in [-0.39, 0.29) is 16.2 Å². The molecule has 1 N–H and O–H groups in total. The number of hydrogen-bond donors (Lipinski definition) is 1. The summed E-state index contributed by atoms with van der Waals surface area (Å²) in [6, 6.07) is 17.8. The summed E-state index contributed by atoms with van der Waals surface area (Å²) in [6.07, 6.45) is 0. The van der Waals surface area contributed by atoms with Gasteiger partial charge in [-0.1, -0.05) is 41.9 Å². The van der Waals surface area contributed by atoms with Crippen molar-refractivity contribution in [3.8, 4) is 5.75 Å². The number of carbonyl (C=O) groups excluding carboxylic acids is 2. The Labute approximate surface area is 189 Å². The van der Waals surface area contributed by atoms with Crippen LogP contribution in [0.3, 0.4) is 0 Å². The maximum absolute atomic E-state index is 13.6. The lowest BCUT2D eigenvalue weighted by molar-refractivity contribution is -0.132. The first-order chi connectivity index (χ1) is 15.4. The minimum absolute atomic E-state index is 0.138. The molecule has 1 aliphatic rings. The summed E-state index contributed by atoms with van der Waals surface area (Å²) >= 11 is 6.31. The van der Waals surface area contributed by atoms with Crippen molar-refractivity contribution < 1.29 is 23.8 Å². The molecule has 1 saturated heterocycles. The van der Waals surface area contributed by atoms with Gasteiger partial charge in [-0.05, 0) is 55.0 Å². The van der Waals surface area contributed by atoms with Crippen molar-refractivity contribution in [1.29, 1.82) is 0 Å². The van der Waals surface area contributed by atoms with E-state index in [1.165, 1.54) is 35.2 Å². The monoisotopic (exact) mass is 451 g/mol. The van der Waals surface area contributed by atoms with Gasteiger partial charge in [-0.2, -0.15) is 0 Å². The molecule has 1 aliphatic heterocycles. The van der Waals surface area contributed by atoms with Gasteiger partial charge < -0.3 is 9.84 Å². The third-order valence-corrected chi connectivity index (χ3v) is 5.50. The minimum Gasteiger partial charge on any atom is -0.507 e. The molecule has 1 heterocycles. The van der Waals surface area contributed by atoms with E-state index in [2.05, 4.69) is 0 Å². The van der Waals surface area contributed by atoms with Crippen molar-refractivity contribution >= 4 is 34.7 Å². The standard InChI is InChI=1S/C25H19ClFNO4/c1-2-32-18-12-13-20(26)19(14-18)23(29)21-22(15-8-10-16(27)11-9-15)28(25(31)24(21)30)17-6-4-3-5-7-17/h3-14,22,29H,2H2,1H3/b23-21+. The van der Waals surface area contributed by atoms with Crippen LogP contribution < -0.4 is 9.64 Å². The summed E-state index contributed by atoms with van der Waals surface area (Å²) in [5.41, 5.74) is 0.960. The normalized spacial score (nSPS) is 17.6.